The Balaban J connectivity index is 2.47. The molecule has 0 aliphatic rings. The number of nitro groups is 1. The van der Waals surface area contributed by atoms with Gasteiger partial charge in [-0.2, -0.15) is 13.2 Å². The second-order valence-electron chi connectivity index (χ2n) is 3.76. The van der Waals surface area contributed by atoms with Crippen LogP contribution in [0.1, 0.15) is 5.69 Å². The van der Waals surface area contributed by atoms with Gasteiger partial charge in [-0.25, -0.2) is 4.98 Å². The summed E-state index contributed by atoms with van der Waals surface area (Å²) in [4.78, 5) is 26.3. The van der Waals surface area contributed by atoms with Gasteiger partial charge in [0.25, 0.3) is 11.2 Å². The first-order valence-corrected chi connectivity index (χ1v) is 5.36. The summed E-state index contributed by atoms with van der Waals surface area (Å²) in [7, 11) is 0. The van der Waals surface area contributed by atoms with E-state index in [1.807, 2.05) is 4.98 Å². The number of non-ortho nitro benzene ring substituents is 1. The van der Waals surface area contributed by atoms with Crippen molar-refractivity contribution in [2.45, 2.75) is 6.18 Å². The summed E-state index contributed by atoms with van der Waals surface area (Å²) in [6.45, 7) is 0. The number of hydrogen-bond acceptors (Lipinski definition) is 5. The molecule has 1 heterocycles. The fraction of sp³-hybridized carbons (Fsp3) is 0.0909. The van der Waals surface area contributed by atoms with Crippen molar-refractivity contribution in [1.82, 2.24) is 9.97 Å². The molecule has 0 amide bonds. The number of hydrogen-bond donors (Lipinski definition) is 1. The summed E-state index contributed by atoms with van der Waals surface area (Å²) in [6, 6.07) is 4.42. The summed E-state index contributed by atoms with van der Waals surface area (Å²) in [5, 5.41) is 10.6. The van der Waals surface area contributed by atoms with E-state index in [0.717, 1.165) is 12.1 Å². The lowest BCUT2D eigenvalue weighted by atomic mass is 10.3. The van der Waals surface area contributed by atoms with E-state index in [1.165, 1.54) is 12.1 Å². The Morgan fingerprint density at radius 1 is 1.33 bits per heavy atom. The van der Waals surface area contributed by atoms with Crippen LogP contribution < -0.4 is 10.3 Å². The second kappa shape index (κ2) is 5.23. The van der Waals surface area contributed by atoms with Crippen LogP contribution in [0.2, 0.25) is 0 Å². The largest absolute Gasteiger partial charge is 0.449 e. The van der Waals surface area contributed by atoms with Gasteiger partial charge < -0.3 is 9.72 Å². The number of alkyl halides is 3. The van der Waals surface area contributed by atoms with E-state index in [4.69, 9.17) is 4.74 Å². The van der Waals surface area contributed by atoms with E-state index in [1.54, 1.807) is 0 Å². The van der Waals surface area contributed by atoms with Gasteiger partial charge in [-0.15, -0.1) is 0 Å². The third-order valence-corrected chi connectivity index (χ3v) is 2.33. The van der Waals surface area contributed by atoms with Gasteiger partial charge in [0.05, 0.1) is 17.3 Å². The van der Waals surface area contributed by atoms with Gasteiger partial charge in [-0.1, -0.05) is 6.07 Å². The first-order chi connectivity index (χ1) is 9.79. The fourth-order valence-corrected chi connectivity index (χ4v) is 1.46. The SMILES string of the molecule is O=c1[nH]cnc(C(F)(F)F)c1Oc1cccc([N+](=O)[O-])c1. The number of rotatable bonds is 3. The normalized spacial score (nSPS) is 11.2. The monoisotopic (exact) mass is 301 g/mol. The number of nitrogens with zero attached hydrogens (tertiary/aromatic N) is 2. The average Bonchev–Trinajstić information content (AvgIpc) is 2.40. The van der Waals surface area contributed by atoms with Crippen LogP contribution in [-0.2, 0) is 6.18 Å². The Morgan fingerprint density at radius 2 is 2.05 bits per heavy atom. The third-order valence-electron chi connectivity index (χ3n) is 2.33. The summed E-state index contributed by atoms with van der Waals surface area (Å²) in [5.41, 5.74) is -3.05. The highest BCUT2D eigenvalue weighted by Crippen LogP contribution is 2.34. The zero-order valence-corrected chi connectivity index (χ0v) is 10.0. The molecule has 0 spiro atoms. The van der Waals surface area contributed by atoms with E-state index in [2.05, 4.69) is 4.98 Å². The molecular formula is C11H6F3N3O4. The molecule has 1 aromatic carbocycles. The van der Waals surface area contributed by atoms with Crippen molar-refractivity contribution in [2.24, 2.45) is 0 Å². The van der Waals surface area contributed by atoms with Gasteiger partial charge in [-0.3, -0.25) is 14.9 Å². The minimum Gasteiger partial charge on any atom is -0.449 e. The quantitative estimate of drug-likeness (QED) is 0.693. The standard InChI is InChI=1S/C11H6F3N3O4/c12-11(13,14)9-8(10(18)16-5-15-9)21-7-3-1-2-6(4-7)17(19)20/h1-5H,(H,15,16,18). The molecule has 7 nitrogen and oxygen atoms in total. The molecule has 0 atom stereocenters. The summed E-state index contributed by atoms with van der Waals surface area (Å²) in [6.07, 6.45) is -4.31. The van der Waals surface area contributed by atoms with Gasteiger partial charge in [-0.05, 0) is 6.07 Å². The minimum atomic E-state index is -4.90. The predicted molar refractivity (Wildman–Crippen MR) is 63.0 cm³/mol. The van der Waals surface area contributed by atoms with Crippen molar-refractivity contribution in [3.8, 4) is 11.5 Å². The molecule has 2 aromatic rings. The molecule has 1 N–H and O–H groups in total. The number of nitrogens with one attached hydrogen (secondary N) is 1. The second-order valence-corrected chi connectivity index (χ2v) is 3.76. The van der Waals surface area contributed by atoms with Gasteiger partial charge in [0.2, 0.25) is 5.75 Å². The highest BCUT2D eigenvalue weighted by molar-refractivity contribution is 5.41. The maximum absolute atomic E-state index is 12.7. The van der Waals surface area contributed by atoms with E-state index in [9.17, 15) is 28.1 Å². The van der Waals surface area contributed by atoms with Crippen LogP contribution in [0.25, 0.3) is 0 Å². The molecule has 0 radical (unpaired) electrons. The molecule has 0 unspecified atom stereocenters. The van der Waals surface area contributed by atoms with E-state index < -0.39 is 28.1 Å². The molecule has 1 aromatic heterocycles. The molecule has 10 heteroatoms. The van der Waals surface area contributed by atoms with Gasteiger partial charge >= 0.3 is 6.18 Å². The van der Waals surface area contributed by atoms with Gasteiger partial charge in [0.15, 0.2) is 5.69 Å². The van der Waals surface area contributed by atoms with Crippen LogP contribution in [0, 0.1) is 10.1 Å². The maximum atomic E-state index is 12.7. The van der Waals surface area contributed by atoms with Gasteiger partial charge in [0.1, 0.15) is 5.75 Å². The average molecular weight is 301 g/mol. The van der Waals surface area contributed by atoms with Crippen molar-refractivity contribution in [2.75, 3.05) is 0 Å². The van der Waals surface area contributed by atoms with Crippen LogP contribution in [0.5, 0.6) is 11.5 Å². The number of H-pyrrole nitrogens is 1. The van der Waals surface area contributed by atoms with Crippen LogP contribution in [-0.4, -0.2) is 14.9 Å². The lowest BCUT2D eigenvalue weighted by Gasteiger charge is -2.11. The number of nitro benzene ring substituents is 1. The highest BCUT2D eigenvalue weighted by atomic mass is 19.4. The van der Waals surface area contributed by atoms with Crippen molar-refractivity contribution >= 4 is 5.69 Å². The number of benzene rings is 1. The van der Waals surface area contributed by atoms with Crippen molar-refractivity contribution < 1.29 is 22.8 Å². The van der Waals surface area contributed by atoms with Crippen LogP contribution in [0.3, 0.4) is 0 Å². The molecule has 0 aliphatic heterocycles. The molecule has 0 fully saturated rings. The topological polar surface area (TPSA) is 98.1 Å². The number of ether oxygens (including phenoxy) is 1. The van der Waals surface area contributed by atoms with E-state index >= 15 is 0 Å². The minimum absolute atomic E-state index is 0.284. The fourth-order valence-electron chi connectivity index (χ4n) is 1.46. The Morgan fingerprint density at radius 3 is 2.67 bits per heavy atom. The molecule has 110 valence electrons. The van der Waals surface area contributed by atoms with Crippen molar-refractivity contribution in [3.05, 3.63) is 56.8 Å². The molecule has 2 rings (SSSR count). The Labute approximate surface area is 114 Å². The number of aromatic amines is 1. The van der Waals surface area contributed by atoms with Crippen molar-refractivity contribution in [3.63, 3.8) is 0 Å². The first-order valence-electron chi connectivity index (χ1n) is 5.36. The molecule has 0 saturated carbocycles. The van der Waals surface area contributed by atoms with Crippen LogP contribution >= 0.6 is 0 Å². The number of halogens is 3. The molecule has 21 heavy (non-hydrogen) atoms. The Hall–Kier alpha value is -2.91. The maximum Gasteiger partial charge on any atom is 0.437 e. The zero-order valence-electron chi connectivity index (χ0n) is 10.0. The third kappa shape index (κ3) is 3.16. The van der Waals surface area contributed by atoms with Gasteiger partial charge in [0, 0.05) is 6.07 Å². The van der Waals surface area contributed by atoms with E-state index in [-0.39, 0.29) is 11.4 Å². The van der Waals surface area contributed by atoms with E-state index in [0.29, 0.717) is 6.33 Å². The van der Waals surface area contributed by atoms with Crippen molar-refractivity contribution in [1.29, 1.82) is 0 Å². The first kappa shape index (κ1) is 14.5. The summed E-state index contributed by atoms with van der Waals surface area (Å²) >= 11 is 0. The van der Waals surface area contributed by atoms with Crippen LogP contribution in [0.15, 0.2) is 35.4 Å². The summed E-state index contributed by atoms with van der Waals surface area (Å²) < 4.78 is 43.0. The molecular weight excluding hydrogens is 295 g/mol. The molecule has 0 aliphatic carbocycles. The molecule has 0 bridgehead atoms. The predicted octanol–water partition coefficient (Wildman–Crippen LogP) is 2.49. The smallest absolute Gasteiger partial charge is 0.437 e. The van der Waals surface area contributed by atoms with Crippen LogP contribution in [0.4, 0.5) is 18.9 Å². The highest BCUT2D eigenvalue weighted by Gasteiger charge is 2.38. The Bertz CT molecular complexity index is 742. The lowest BCUT2D eigenvalue weighted by molar-refractivity contribution is -0.384. The lowest BCUT2D eigenvalue weighted by Crippen LogP contribution is -2.18. The zero-order chi connectivity index (χ0) is 15.6. The Kier molecular flexibility index (Phi) is 3.61. The summed E-state index contributed by atoms with van der Waals surface area (Å²) in [5.74, 6) is -1.36. The number of aromatic nitrogens is 2. The molecule has 0 saturated heterocycles.